The molecule has 0 radical (unpaired) electrons. The fourth-order valence-electron chi connectivity index (χ4n) is 3.87. The van der Waals surface area contributed by atoms with E-state index in [1.807, 2.05) is 0 Å². The Hall–Kier alpha value is -4.03. The molecule has 4 heterocycles. The van der Waals surface area contributed by atoms with Crippen LogP contribution in [0, 0.1) is 12.7 Å². The molecule has 1 amide bonds. The van der Waals surface area contributed by atoms with Crippen LogP contribution >= 0.6 is 0 Å². The van der Waals surface area contributed by atoms with Crippen molar-refractivity contribution in [2.24, 2.45) is 0 Å². The summed E-state index contributed by atoms with van der Waals surface area (Å²) in [4.78, 5) is 40.0. The summed E-state index contributed by atoms with van der Waals surface area (Å²) in [5, 5.41) is -0.185. The summed E-state index contributed by atoms with van der Waals surface area (Å²) in [5.74, 6) is -1.70. The van der Waals surface area contributed by atoms with Gasteiger partial charge >= 0.3 is 6.18 Å². The minimum atomic E-state index is -4.90. The normalized spacial score (nSPS) is 17.1. The molecular formula is C23H21F4N5O4. The minimum Gasteiger partial charge on any atom is -0.492 e. The Kier molecular flexibility index (Phi) is 6.41. The van der Waals surface area contributed by atoms with Gasteiger partial charge in [0.2, 0.25) is 0 Å². The third-order valence-electron chi connectivity index (χ3n) is 5.39. The number of ether oxygens (including phenoxy) is 2. The maximum atomic E-state index is 14.8. The molecule has 1 N–H and O–H groups in total. The van der Waals surface area contributed by atoms with E-state index in [4.69, 9.17) is 9.47 Å². The van der Waals surface area contributed by atoms with Gasteiger partial charge in [-0.3, -0.25) is 9.59 Å². The number of aromatic amines is 1. The van der Waals surface area contributed by atoms with Crippen molar-refractivity contribution >= 4 is 16.9 Å². The SMILES string of the molecule is C=C1CN(C(=O)c2cnc(O[C@@H](C)c3cc4c(=O)[nH]c(C)nc4nc3C(F)(F)F)c(F)c2)C[C@H](C)O1. The predicted octanol–water partition coefficient (Wildman–Crippen LogP) is 3.69. The zero-order valence-corrected chi connectivity index (χ0v) is 19.4. The highest BCUT2D eigenvalue weighted by atomic mass is 19.4. The van der Waals surface area contributed by atoms with Crippen molar-refractivity contribution in [3.05, 3.63) is 69.5 Å². The maximum Gasteiger partial charge on any atom is 0.433 e. The highest BCUT2D eigenvalue weighted by Crippen LogP contribution is 2.36. The number of hydrogen-bond donors (Lipinski definition) is 1. The summed E-state index contributed by atoms with van der Waals surface area (Å²) in [6.07, 6.45) is -5.54. The Balaban J connectivity index is 1.64. The van der Waals surface area contributed by atoms with Crippen LogP contribution in [-0.4, -0.2) is 49.9 Å². The number of alkyl halides is 3. The average molecular weight is 507 g/mol. The number of rotatable bonds is 4. The van der Waals surface area contributed by atoms with E-state index >= 15 is 0 Å². The Morgan fingerprint density at radius 1 is 1.33 bits per heavy atom. The first-order chi connectivity index (χ1) is 16.8. The number of hydrogen-bond acceptors (Lipinski definition) is 7. The molecule has 36 heavy (non-hydrogen) atoms. The lowest BCUT2D eigenvalue weighted by Gasteiger charge is -2.32. The summed E-state index contributed by atoms with van der Waals surface area (Å²) in [6.45, 7) is 8.49. The quantitative estimate of drug-likeness (QED) is 0.537. The van der Waals surface area contributed by atoms with Crippen LogP contribution in [0.5, 0.6) is 5.88 Å². The monoisotopic (exact) mass is 507 g/mol. The molecule has 3 aromatic heterocycles. The van der Waals surface area contributed by atoms with Crippen molar-refractivity contribution < 1.29 is 31.8 Å². The molecule has 190 valence electrons. The standard InChI is InChI=1S/C23H21F4N5O4/c1-10-8-32(9-11(2)35-10)22(34)14-5-17(24)21(28-7-14)36-12(3)15-6-16-19(29-13(4)30-20(16)33)31-18(15)23(25,26)27/h5-7,11-12H,1,8-9H2,2-4H3,(H,29,30,31,33)/t11-,12-/m0/s1. The minimum absolute atomic E-state index is 0.0780. The fraction of sp³-hybridized carbons (Fsp3) is 0.348. The zero-order chi connectivity index (χ0) is 26.4. The second kappa shape index (κ2) is 9.21. The van der Waals surface area contributed by atoms with Crippen LogP contribution in [0.3, 0.4) is 0 Å². The van der Waals surface area contributed by atoms with Gasteiger partial charge in [0.1, 0.15) is 23.8 Å². The molecule has 3 aromatic rings. The van der Waals surface area contributed by atoms with E-state index in [0.29, 0.717) is 5.76 Å². The largest absolute Gasteiger partial charge is 0.492 e. The first-order valence-corrected chi connectivity index (χ1v) is 10.8. The van der Waals surface area contributed by atoms with Gasteiger partial charge in [-0.1, -0.05) is 6.58 Å². The van der Waals surface area contributed by atoms with Gasteiger partial charge in [0, 0.05) is 11.8 Å². The van der Waals surface area contributed by atoms with Crippen molar-refractivity contribution in [2.75, 3.05) is 13.1 Å². The molecule has 0 aromatic carbocycles. The highest BCUT2D eigenvalue weighted by Gasteiger charge is 2.38. The number of carbonyl (C=O) groups excluding carboxylic acids is 1. The Morgan fingerprint density at radius 2 is 2.06 bits per heavy atom. The fourth-order valence-corrected chi connectivity index (χ4v) is 3.87. The van der Waals surface area contributed by atoms with E-state index < -0.39 is 46.7 Å². The summed E-state index contributed by atoms with van der Waals surface area (Å²) in [6, 6.07) is 1.85. The van der Waals surface area contributed by atoms with E-state index in [9.17, 15) is 27.2 Å². The van der Waals surface area contributed by atoms with E-state index in [1.54, 1.807) is 6.92 Å². The van der Waals surface area contributed by atoms with Crippen LogP contribution in [0.1, 0.15) is 47.4 Å². The number of pyridine rings is 2. The van der Waals surface area contributed by atoms with Crippen molar-refractivity contribution in [3.63, 3.8) is 0 Å². The predicted molar refractivity (Wildman–Crippen MR) is 119 cm³/mol. The summed E-state index contributed by atoms with van der Waals surface area (Å²) in [7, 11) is 0. The number of halogens is 4. The number of fused-ring (bicyclic) bond motifs is 1. The van der Waals surface area contributed by atoms with Gasteiger partial charge < -0.3 is 19.4 Å². The number of amides is 1. The number of aromatic nitrogens is 4. The van der Waals surface area contributed by atoms with Crippen LogP contribution in [0.25, 0.3) is 11.0 Å². The van der Waals surface area contributed by atoms with Crippen LogP contribution < -0.4 is 10.3 Å². The van der Waals surface area contributed by atoms with Gasteiger partial charge in [0.25, 0.3) is 17.3 Å². The van der Waals surface area contributed by atoms with Gasteiger partial charge in [-0.25, -0.2) is 19.3 Å². The molecule has 13 heteroatoms. The van der Waals surface area contributed by atoms with Crippen molar-refractivity contribution in [1.29, 1.82) is 0 Å². The number of nitrogens with zero attached hydrogens (tertiary/aromatic N) is 4. The first-order valence-electron chi connectivity index (χ1n) is 10.8. The van der Waals surface area contributed by atoms with Crippen molar-refractivity contribution in [1.82, 2.24) is 24.8 Å². The zero-order valence-electron chi connectivity index (χ0n) is 19.4. The molecule has 1 aliphatic heterocycles. The van der Waals surface area contributed by atoms with Crippen LogP contribution in [0.2, 0.25) is 0 Å². The van der Waals surface area contributed by atoms with Gasteiger partial charge in [-0.15, -0.1) is 0 Å². The molecule has 2 atom stereocenters. The number of morpholine rings is 1. The highest BCUT2D eigenvalue weighted by molar-refractivity contribution is 5.94. The lowest BCUT2D eigenvalue weighted by Crippen LogP contribution is -2.43. The Morgan fingerprint density at radius 3 is 2.69 bits per heavy atom. The summed E-state index contributed by atoms with van der Waals surface area (Å²) < 4.78 is 66.8. The van der Waals surface area contributed by atoms with Gasteiger partial charge in [-0.2, -0.15) is 13.2 Å². The van der Waals surface area contributed by atoms with Crippen molar-refractivity contribution in [3.8, 4) is 5.88 Å². The molecule has 0 aliphatic carbocycles. The Bertz CT molecular complexity index is 1420. The third-order valence-corrected chi connectivity index (χ3v) is 5.39. The van der Waals surface area contributed by atoms with Gasteiger partial charge in [-0.05, 0) is 32.9 Å². The molecule has 0 spiro atoms. The van der Waals surface area contributed by atoms with Crippen LogP contribution in [-0.2, 0) is 10.9 Å². The van der Waals surface area contributed by atoms with Crippen molar-refractivity contribution in [2.45, 2.75) is 39.2 Å². The molecule has 1 saturated heterocycles. The van der Waals surface area contributed by atoms with E-state index in [-0.39, 0.29) is 41.6 Å². The number of nitrogens with one attached hydrogen (secondary N) is 1. The summed E-state index contributed by atoms with van der Waals surface area (Å²) >= 11 is 0. The number of carbonyl (C=O) groups is 1. The van der Waals surface area contributed by atoms with Gasteiger partial charge in [0.05, 0.1) is 24.0 Å². The lowest BCUT2D eigenvalue weighted by atomic mass is 10.1. The first kappa shape index (κ1) is 25.1. The van der Waals surface area contributed by atoms with Gasteiger partial charge in [0.15, 0.2) is 17.2 Å². The molecular weight excluding hydrogens is 486 g/mol. The molecule has 0 unspecified atom stereocenters. The molecule has 1 aliphatic rings. The Labute approximate surface area is 201 Å². The van der Waals surface area contributed by atoms with Crippen LogP contribution in [0.15, 0.2) is 35.5 Å². The molecule has 1 fully saturated rings. The molecule has 4 rings (SSSR count). The third kappa shape index (κ3) is 4.99. The summed E-state index contributed by atoms with van der Waals surface area (Å²) in [5.41, 5.74) is -2.97. The second-order valence-electron chi connectivity index (χ2n) is 8.37. The van der Waals surface area contributed by atoms with E-state index in [1.165, 1.54) is 18.7 Å². The molecule has 9 nitrogen and oxygen atoms in total. The maximum absolute atomic E-state index is 14.8. The van der Waals surface area contributed by atoms with Crippen LogP contribution in [0.4, 0.5) is 17.6 Å². The lowest BCUT2D eigenvalue weighted by molar-refractivity contribution is -0.142. The second-order valence-corrected chi connectivity index (χ2v) is 8.37. The molecule has 0 saturated carbocycles. The molecule has 0 bridgehead atoms. The number of aryl methyl sites for hydroxylation is 1. The topological polar surface area (TPSA) is 110 Å². The van der Waals surface area contributed by atoms with E-state index in [2.05, 4.69) is 26.5 Å². The smallest absolute Gasteiger partial charge is 0.433 e. The average Bonchev–Trinajstić information content (AvgIpc) is 2.77. The number of H-pyrrole nitrogens is 1. The van der Waals surface area contributed by atoms with E-state index in [0.717, 1.165) is 18.3 Å².